The molecule has 0 atom stereocenters. The van der Waals surface area contributed by atoms with E-state index in [1.54, 1.807) is 4.90 Å². The van der Waals surface area contributed by atoms with Crippen molar-refractivity contribution in [3.05, 3.63) is 54.1 Å². The normalized spacial score (nSPS) is 15.4. The molecule has 1 amide bonds. The fraction of sp³-hybridized carbons (Fsp3) is 0.350. The van der Waals surface area contributed by atoms with Gasteiger partial charge in [0.15, 0.2) is 0 Å². The van der Waals surface area contributed by atoms with Crippen LogP contribution in [0.4, 0.5) is 4.79 Å². The Kier molecular flexibility index (Phi) is 4.12. The van der Waals surface area contributed by atoms with Gasteiger partial charge >= 0.3 is 6.09 Å². The van der Waals surface area contributed by atoms with Crippen molar-refractivity contribution in [1.82, 2.24) is 4.90 Å². The summed E-state index contributed by atoms with van der Waals surface area (Å²) in [5.74, 6) is 0. The van der Waals surface area contributed by atoms with Crippen LogP contribution in [-0.2, 0) is 4.74 Å². The second kappa shape index (κ2) is 6.07. The molecular weight excluding hydrogens is 286 g/mol. The standard InChI is InChI=1S/C20H23NO2/c1-20(2,3)23-19(22)21-13-11-16(12-14-21)18-10-6-8-15-7-4-5-9-17(15)18/h4-11H,12-14H2,1-3H3. The van der Waals surface area contributed by atoms with Crippen LogP contribution in [0.3, 0.4) is 0 Å². The molecule has 0 bridgehead atoms. The van der Waals surface area contributed by atoms with Gasteiger partial charge in [-0.15, -0.1) is 0 Å². The Balaban J connectivity index is 1.80. The van der Waals surface area contributed by atoms with Gasteiger partial charge in [-0.25, -0.2) is 4.79 Å². The number of benzene rings is 2. The smallest absolute Gasteiger partial charge is 0.410 e. The van der Waals surface area contributed by atoms with Crippen LogP contribution in [0.25, 0.3) is 16.3 Å². The summed E-state index contributed by atoms with van der Waals surface area (Å²) in [7, 11) is 0. The van der Waals surface area contributed by atoms with Crippen molar-refractivity contribution in [2.45, 2.75) is 32.8 Å². The fourth-order valence-electron chi connectivity index (χ4n) is 2.91. The highest BCUT2D eigenvalue weighted by atomic mass is 16.6. The zero-order valence-corrected chi connectivity index (χ0v) is 14.0. The van der Waals surface area contributed by atoms with Crippen molar-refractivity contribution in [1.29, 1.82) is 0 Å². The summed E-state index contributed by atoms with van der Waals surface area (Å²) in [6, 6.07) is 14.8. The Morgan fingerprint density at radius 2 is 1.83 bits per heavy atom. The van der Waals surface area contributed by atoms with Crippen molar-refractivity contribution < 1.29 is 9.53 Å². The van der Waals surface area contributed by atoms with Gasteiger partial charge in [0.05, 0.1) is 0 Å². The van der Waals surface area contributed by atoms with Gasteiger partial charge in [-0.3, -0.25) is 0 Å². The average Bonchev–Trinajstić information content (AvgIpc) is 2.53. The topological polar surface area (TPSA) is 29.5 Å². The van der Waals surface area contributed by atoms with E-state index in [2.05, 4.69) is 48.5 Å². The van der Waals surface area contributed by atoms with Gasteiger partial charge in [-0.05, 0) is 49.1 Å². The number of ether oxygens (including phenoxy) is 1. The molecule has 0 saturated carbocycles. The number of fused-ring (bicyclic) bond motifs is 1. The van der Waals surface area contributed by atoms with E-state index in [0.717, 1.165) is 6.42 Å². The predicted molar refractivity (Wildman–Crippen MR) is 94.3 cm³/mol. The van der Waals surface area contributed by atoms with Gasteiger partial charge in [0.2, 0.25) is 0 Å². The molecule has 0 radical (unpaired) electrons. The summed E-state index contributed by atoms with van der Waals surface area (Å²) < 4.78 is 5.45. The van der Waals surface area contributed by atoms with E-state index >= 15 is 0 Å². The zero-order valence-electron chi connectivity index (χ0n) is 14.0. The first-order valence-electron chi connectivity index (χ1n) is 8.09. The van der Waals surface area contributed by atoms with E-state index in [1.165, 1.54) is 21.9 Å². The third-order valence-electron chi connectivity index (χ3n) is 4.00. The summed E-state index contributed by atoms with van der Waals surface area (Å²) in [4.78, 5) is 13.9. The zero-order chi connectivity index (χ0) is 16.4. The largest absolute Gasteiger partial charge is 0.444 e. The maximum atomic E-state index is 12.1. The Morgan fingerprint density at radius 1 is 1.09 bits per heavy atom. The van der Waals surface area contributed by atoms with Gasteiger partial charge in [0, 0.05) is 13.1 Å². The van der Waals surface area contributed by atoms with E-state index in [4.69, 9.17) is 4.74 Å². The Morgan fingerprint density at radius 3 is 2.52 bits per heavy atom. The second-order valence-corrected chi connectivity index (χ2v) is 6.93. The lowest BCUT2D eigenvalue weighted by Crippen LogP contribution is -2.39. The first-order valence-corrected chi connectivity index (χ1v) is 8.09. The molecule has 0 aromatic heterocycles. The molecule has 0 saturated heterocycles. The number of amides is 1. The monoisotopic (exact) mass is 309 g/mol. The first-order chi connectivity index (χ1) is 10.9. The van der Waals surface area contributed by atoms with E-state index < -0.39 is 5.60 Å². The molecule has 3 heteroatoms. The van der Waals surface area contributed by atoms with Gasteiger partial charge in [-0.2, -0.15) is 0 Å². The molecule has 3 nitrogen and oxygen atoms in total. The molecule has 120 valence electrons. The average molecular weight is 309 g/mol. The van der Waals surface area contributed by atoms with Crippen molar-refractivity contribution in [2.24, 2.45) is 0 Å². The first kappa shape index (κ1) is 15.6. The molecule has 0 N–H and O–H groups in total. The SMILES string of the molecule is CC(C)(C)OC(=O)N1CC=C(c2cccc3ccccc23)CC1. The lowest BCUT2D eigenvalue weighted by atomic mass is 9.94. The van der Waals surface area contributed by atoms with Crippen LogP contribution in [0, 0.1) is 0 Å². The van der Waals surface area contributed by atoms with Crippen LogP contribution in [0.2, 0.25) is 0 Å². The van der Waals surface area contributed by atoms with Gasteiger partial charge in [0.1, 0.15) is 5.60 Å². The lowest BCUT2D eigenvalue weighted by molar-refractivity contribution is 0.0270. The van der Waals surface area contributed by atoms with Crippen LogP contribution in [-0.4, -0.2) is 29.7 Å². The van der Waals surface area contributed by atoms with Crippen molar-refractivity contribution >= 4 is 22.4 Å². The minimum Gasteiger partial charge on any atom is -0.444 e. The Bertz CT molecular complexity index is 750. The molecule has 1 aliphatic heterocycles. The molecule has 2 aromatic rings. The predicted octanol–water partition coefficient (Wildman–Crippen LogP) is 4.86. The molecule has 2 aromatic carbocycles. The lowest BCUT2D eigenvalue weighted by Gasteiger charge is -2.29. The van der Waals surface area contributed by atoms with Crippen LogP contribution in [0.5, 0.6) is 0 Å². The molecule has 0 fully saturated rings. The van der Waals surface area contributed by atoms with E-state index in [1.807, 2.05) is 20.8 Å². The van der Waals surface area contributed by atoms with Gasteiger partial charge in [0.25, 0.3) is 0 Å². The highest BCUT2D eigenvalue weighted by Crippen LogP contribution is 2.29. The third kappa shape index (κ3) is 3.55. The van der Waals surface area contributed by atoms with Crippen molar-refractivity contribution in [3.8, 4) is 0 Å². The van der Waals surface area contributed by atoms with E-state index in [0.29, 0.717) is 13.1 Å². The van der Waals surface area contributed by atoms with Crippen LogP contribution in [0.1, 0.15) is 32.8 Å². The van der Waals surface area contributed by atoms with Crippen molar-refractivity contribution in [2.75, 3.05) is 13.1 Å². The maximum Gasteiger partial charge on any atom is 0.410 e. The summed E-state index contributed by atoms with van der Waals surface area (Å²) in [6.45, 7) is 6.99. The van der Waals surface area contributed by atoms with Crippen molar-refractivity contribution in [3.63, 3.8) is 0 Å². The number of nitrogens with zero attached hydrogens (tertiary/aromatic N) is 1. The summed E-state index contributed by atoms with van der Waals surface area (Å²) in [5.41, 5.74) is 2.13. The quantitative estimate of drug-likeness (QED) is 0.752. The molecule has 1 heterocycles. The van der Waals surface area contributed by atoms with E-state index in [-0.39, 0.29) is 6.09 Å². The molecular formula is C20H23NO2. The Labute approximate surface area is 137 Å². The molecule has 1 aliphatic rings. The number of hydrogen-bond donors (Lipinski definition) is 0. The molecule has 0 aliphatic carbocycles. The highest BCUT2D eigenvalue weighted by molar-refractivity contribution is 5.94. The molecule has 0 spiro atoms. The Hall–Kier alpha value is -2.29. The summed E-state index contributed by atoms with van der Waals surface area (Å²) >= 11 is 0. The summed E-state index contributed by atoms with van der Waals surface area (Å²) in [6.07, 6.45) is 2.77. The van der Waals surface area contributed by atoms with E-state index in [9.17, 15) is 4.79 Å². The molecule has 23 heavy (non-hydrogen) atoms. The highest BCUT2D eigenvalue weighted by Gasteiger charge is 2.24. The van der Waals surface area contributed by atoms with Gasteiger partial charge < -0.3 is 9.64 Å². The minimum atomic E-state index is -0.448. The molecule has 0 unspecified atom stereocenters. The maximum absolute atomic E-state index is 12.1. The van der Waals surface area contributed by atoms with Crippen LogP contribution in [0.15, 0.2) is 48.5 Å². The molecule has 3 rings (SSSR count). The van der Waals surface area contributed by atoms with Crippen LogP contribution < -0.4 is 0 Å². The minimum absolute atomic E-state index is 0.231. The second-order valence-electron chi connectivity index (χ2n) is 6.93. The fourth-order valence-corrected chi connectivity index (χ4v) is 2.91. The van der Waals surface area contributed by atoms with Crippen LogP contribution >= 0.6 is 0 Å². The number of rotatable bonds is 1. The number of carbonyl (C=O) groups excluding carboxylic acids is 1. The number of carbonyl (C=O) groups is 1. The summed E-state index contributed by atoms with van der Waals surface area (Å²) in [5, 5.41) is 2.52. The third-order valence-corrected chi connectivity index (χ3v) is 4.00. The van der Waals surface area contributed by atoms with Gasteiger partial charge in [-0.1, -0.05) is 48.5 Å². The number of hydrogen-bond acceptors (Lipinski definition) is 2.